The lowest BCUT2D eigenvalue weighted by atomic mass is 10.3. The molecule has 1 saturated heterocycles. The summed E-state index contributed by atoms with van der Waals surface area (Å²) in [5.41, 5.74) is 0. The summed E-state index contributed by atoms with van der Waals surface area (Å²) in [4.78, 5) is 13.1. The molecule has 0 bridgehead atoms. The van der Waals surface area contributed by atoms with Crippen molar-refractivity contribution in [3.8, 4) is 6.01 Å². The third-order valence-corrected chi connectivity index (χ3v) is 3.96. The Morgan fingerprint density at radius 3 is 2.90 bits per heavy atom. The maximum absolute atomic E-state index is 5.63. The van der Waals surface area contributed by atoms with Crippen molar-refractivity contribution in [3.63, 3.8) is 0 Å². The molecule has 1 unspecified atom stereocenters. The van der Waals surface area contributed by atoms with Gasteiger partial charge in [0.25, 0.3) is 0 Å². The summed E-state index contributed by atoms with van der Waals surface area (Å²) in [6.45, 7) is 6.50. The fourth-order valence-corrected chi connectivity index (χ4v) is 2.81. The second-order valence-electron chi connectivity index (χ2n) is 4.95. The van der Waals surface area contributed by atoms with Crippen LogP contribution in [0.25, 0.3) is 0 Å². The molecule has 7 heteroatoms. The lowest BCUT2D eigenvalue weighted by Gasteiger charge is -2.10. The van der Waals surface area contributed by atoms with Gasteiger partial charge in [0.1, 0.15) is 0 Å². The van der Waals surface area contributed by atoms with Gasteiger partial charge >= 0.3 is 6.01 Å². The zero-order valence-electron chi connectivity index (χ0n) is 12.8. The Bertz CT molecular complexity index is 401. The molecule has 1 aromatic rings. The number of nitrogens with zero attached hydrogens (tertiary/aromatic N) is 3. The molecule has 0 saturated carbocycles. The lowest BCUT2D eigenvalue weighted by Crippen LogP contribution is -2.11. The van der Waals surface area contributed by atoms with Crippen LogP contribution in [0.15, 0.2) is 5.16 Å². The predicted octanol–water partition coefficient (Wildman–Crippen LogP) is 2.75. The van der Waals surface area contributed by atoms with E-state index in [9.17, 15) is 0 Å². The molecule has 0 aromatic carbocycles. The van der Waals surface area contributed by atoms with Crippen LogP contribution in [0.3, 0.4) is 0 Å². The van der Waals surface area contributed by atoms with Crippen molar-refractivity contribution in [1.82, 2.24) is 15.0 Å². The monoisotopic (exact) mass is 312 g/mol. The van der Waals surface area contributed by atoms with Crippen molar-refractivity contribution in [2.45, 2.75) is 50.8 Å². The molecule has 1 fully saturated rings. The average molecular weight is 312 g/mol. The molecule has 1 aliphatic rings. The normalized spacial score (nSPS) is 17.9. The highest BCUT2D eigenvalue weighted by Crippen LogP contribution is 2.23. The van der Waals surface area contributed by atoms with Crippen LogP contribution in [-0.4, -0.2) is 46.6 Å². The first-order valence-corrected chi connectivity index (χ1v) is 8.67. The number of anilines is 1. The molecule has 1 atom stereocenters. The van der Waals surface area contributed by atoms with Crippen molar-refractivity contribution in [2.24, 2.45) is 0 Å². The Morgan fingerprint density at radius 1 is 1.29 bits per heavy atom. The number of rotatable bonds is 9. The quantitative estimate of drug-likeness (QED) is 0.703. The first kappa shape index (κ1) is 16.3. The zero-order valence-corrected chi connectivity index (χ0v) is 13.6. The summed E-state index contributed by atoms with van der Waals surface area (Å²) in [6.07, 6.45) is 4.55. The molecule has 0 spiro atoms. The summed E-state index contributed by atoms with van der Waals surface area (Å²) in [5, 5.41) is 3.89. The number of hydrogen-bond acceptors (Lipinski definition) is 7. The smallest absolute Gasteiger partial charge is 0.322 e. The van der Waals surface area contributed by atoms with Gasteiger partial charge in [-0.25, -0.2) is 0 Å². The first-order chi connectivity index (χ1) is 10.3. The van der Waals surface area contributed by atoms with E-state index in [-0.39, 0.29) is 0 Å². The van der Waals surface area contributed by atoms with Gasteiger partial charge in [0.2, 0.25) is 5.95 Å². The number of ether oxygens (including phenoxy) is 2. The van der Waals surface area contributed by atoms with Gasteiger partial charge in [-0.3, -0.25) is 0 Å². The van der Waals surface area contributed by atoms with Crippen LogP contribution in [0.5, 0.6) is 6.01 Å². The van der Waals surface area contributed by atoms with Gasteiger partial charge in [-0.2, -0.15) is 15.0 Å². The highest BCUT2D eigenvalue weighted by atomic mass is 32.2. The zero-order chi connectivity index (χ0) is 14.9. The minimum absolute atomic E-state index is 0.318. The number of thioether (sulfide) groups is 1. The molecule has 0 aliphatic carbocycles. The molecule has 1 N–H and O–H groups in total. The fourth-order valence-electron chi connectivity index (χ4n) is 1.92. The van der Waals surface area contributed by atoms with Crippen molar-refractivity contribution in [1.29, 1.82) is 0 Å². The summed E-state index contributed by atoms with van der Waals surface area (Å²) in [5.74, 6) is 1.47. The molecule has 1 aromatic heterocycles. The molecule has 118 valence electrons. The van der Waals surface area contributed by atoms with E-state index < -0.39 is 0 Å². The van der Waals surface area contributed by atoms with Crippen LogP contribution in [0, 0.1) is 0 Å². The summed E-state index contributed by atoms with van der Waals surface area (Å²) in [6, 6.07) is 0.403. The van der Waals surface area contributed by atoms with Crippen LogP contribution in [0.4, 0.5) is 5.95 Å². The van der Waals surface area contributed by atoms with Crippen LogP contribution >= 0.6 is 11.8 Å². The molecule has 0 radical (unpaired) electrons. The van der Waals surface area contributed by atoms with E-state index in [1.807, 2.05) is 0 Å². The number of hydrogen-bond donors (Lipinski definition) is 1. The molecule has 1 aliphatic heterocycles. The molecular formula is C14H24N4O2S. The Labute approximate surface area is 130 Å². The molecule has 0 amide bonds. The van der Waals surface area contributed by atoms with E-state index in [1.165, 1.54) is 0 Å². The second kappa shape index (κ2) is 9.04. The fraction of sp³-hybridized carbons (Fsp3) is 0.786. The average Bonchev–Trinajstić information content (AvgIpc) is 3.02. The third kappa shape index (κ3) is 5.67. The summed E-state index contributed by atoms with van der Waals surface area (Å²) in [7, 11) is 0. The van der Waals surface area contributed by atoms with Gasteiger partial charge in [-0.1, -0.05) is 25.6 Å². The SMILES string of the molecule is CCCNc1nc(OCCC)nc(SCC2CCCO2)n1. The maximum Gasteiger partial charge on any atom is 0.322 e. The van der Waals surface area contributed by atoms with Crippen LogP contribution in [0.1, 0.15) is 39.5 Å². The molecule has 2 rings (SSSR count). The van der Waals surface area contributed by atoms with E-state index in [4.69, 9.17) is 9.47 Å². The van der Waals surface area contributed by atoms with Crippen LogP contribution < -0.4 is 10.1 Å². The van der Waals surface area contributed by atoms with Gasteiger partial charge in [0.15, 0.2) is 5.16 Å². The van der Waals surface area contributed by atoms with Crippen molar-refractivity contribution >= 4 is 17.7 Å². The van der Waals surface area contributed by atoms with Gasteiger partial charge in [-0.05, 0) is 25.7 Å². The first-order valence-electron chi connectivity index (χ1n) is 7.69. The summed E-state index contributed by atoms with van der Waals surface area (Å²) >= 11 is 1.61. The number of aromatic nitrogens is 3. The molecule has 2 heterocycles. The Kier molecular flexibility index (Phi) is 7.02. The topological polar surface area (TPSA) is 69.2 Å². The minimum Gasteiger partial charge on any atom is -0.463 e. The largest absolute Gasteiger partial charge is 0.463 e. The highest BCUT2D eigenvalue weighted by Gasteiger charge is 2.17. The van der Waals surface area contributed by atoms with Crippen LogP contribution in [-0.2, 0) is 4.74 Å². The van der Waals surface area contributed by atoms with Gasteiger partial charge < -0.3 is 14.8 Å². The van der Waals surface area contributed by atoms with Crippen LogP contribution in [0.2, 0.25) is 0 Å². The van der Waals surface area contributed by atoms with Gasteiger partial charge in [0, 0.05) is 18.9 Å². The van der Waals surface area contributed by atoms with E-state index in [2.05, 4.69) is 34.1 Å². The Balaban J connectivity index is 1.98. The standard InChI is InChI=1S/C14H24N4O2S/c1-3-7-15-12-16-13(20-8-4-2)18-14(17-12)21-10-11-6-5-9-19-11/h11H,3-10H2,1-2H3,(H,15,16,17,18). The lowest BCUT2D eigenvalue weighted by molar-refractivity contribution is 0.129. The molecule has 21 heavy (non-hydrogen) atoms. The van der Waals surface area contributed by atoms with Gasteiger partial charge in [-0.15, -0.1) is 0 Å². The predicted molar refractivity (Wildman–Crippen MR) is 84.1 cm³/mol. The molecular weight excluding hydrogens is 288 g/mol. The van der Waals surface area contributed by atoms with E-state index in [0.717, 1.165) is 44.6 Å². The highest BCUT2D eigenvalue weighted by molar-refractivity contribution is 7.99. The minimum atomic E-state index is 0.318. The van der Waals surface area contributed by atoms with Crippen molar-refractivity contribution in [3.05, 3.63) is 0 Å². The third-order valence-electron chi connectivity index (χ3n) is 2.99. The second-order valence-corrected chi connectivity index (χ2v) is 5.93. The van der Waals surface area contributed by atoms with Gasteiger partial charge in [0.05, 0.1) is 12.7 Å². The summed E-state index contributed by atoms with van der Waals surface area (Å²) < 4.78 is 11.2. The van der Waals surface area contributed by atoms with Crippen molar-refractivity contribution in [2.75, 3.05) is 30.8 Å². The maximum atomic E-state index is 5.63. The Hall–Kier alpha value is -1.08. The van der Waals surface area contributed by atoms with Crippen molar-refractivity contribution < 1.29 is 9.47 Å². The van der Waals surface area contributed by atoms with E-state index in [0.29, 0.717) is 29.8 Å². The molecule has 6 nitrogen and oxygen atoms in total. The van der Waals surface area contributed by atoms with E-state index in [1.54, 1.807) is 11.8 Å². The van der Waals surface area contributed by atoms with E-state index >= 15 is 0 Å². The number of nitrogens with one attached hydrogen (secondary N) is 1. The Morgan fingerprint density at radius 2 is 2.19 bits per heavy atom.